The van der Waals surface area contributed by atoms with Gasteiger partial charge in [0.05, 0.1) is 5.69 Å². The van der Waals surface area contributed by atoms with Crippen LogP contribution in [0.5, 0.6) is 0 Å². The summed E-state index contributed by atoms with van der Waals surface area (Å²) in [4.78, 5) is 12.0. The first-order valence-electron chi connectivity index (χ1n) is 5.39. The van der Waals surface area contributed by atoms with Gasteiger partial charge in [0.1, 0.15) is 0 Å². The van der Waals surface area contributed by atoms with Crippen molar-refractivity contribution in [3.05, 3.63) is 63.1 Å². The summed E-state index contributed by atoms with van der Waals surface area (Å²) in [6.45, 7) is 1.97. The Morgan fingerprint density at radius 1 is 1.22 bits per heavy atom. The number of carbonyl (C=O) groups excluding carboxylic acids is 1. The molecule has 0 heterocycles. The fraction of sp³-hybridized carbons (Fsp3) is 0.0714. The van der Waals surface area contributed by atoms with E-state index in [-0.39, 0.29) is 5.91 Å². The third-order valence-corrected chi connectivity index (χ3v) is 3.38. The average molecular weight is 325 g/mol. The lowest BCUT2D eigenvalue weighted by atomic mass is 10.2. The molecule has 2 aromatic carbocycles. The minimum Gasteiger partial charge on any atom is -0.321 e. The Morgan fingerprint density at radius 2 is 2.00 bits per heavy atom. The van der Waals surface area contributed by atoms with Gasteiger partial charge < -0.3 is 5.32 Å². The van der Waals surface area contributed by atoms with Crippen molar-refractivity contribution in [2.45, 2.75) is 6.92 Å². The molecule has 0 radical (unpaired) electrons. The monoisotopic (exact) mass is 323 g/mol. The van der Waals surface area contributed by atoms with Crippen LogP contribution in [0.4, 0.5) is 5.69 Å². The Labute approximate surface area is 119 Å². The quantitative estimate of drug-likeness (QED) is 0.855. The van der Waals surface area contributed by atoms with Crippen LogP contribution in [0.2, 0.25) is 5.02 Å². The average Bonchev–Trinajstić information content (AvgIpc) is 2.34. The van der Waals surface area contributed by atoms with Gasteiger partial charge in [0.15, 0.2) is 0 Å². The van der Waals surface area contributed by atoms with E-state index in [1.807, 2.05) is 25.1 Å². The van der Waals surface area contributed by atoms with Crippen LogP contribution in [0.25, 0.3) is 0 Å². The van der Waals surface area contributed by atoms with Crippen LogP contribution in [-0.2, 0) is 0 Å². The molecule has 0 saturated carbocycles. The van der Waals surface area contributed by atoms with Crippen LogP contribution in [0.1, 0.15) is 15.9 Å². The molecule has 0 aliphatic heterocycles. The third kappa shape index (κ3) is 3.12. The number of aryl methyl sites for hydroxylation is 1. The standard InChI is InChI=1S/C14H11BrClNO/c1-9-5-6-12(15)13(7-9)17-14(18)10-3-2-4-11(16)8-10/h2-8H,1H3,(H,17,18). The molecule has 1 amide bonds. The van der Waals surface area contributed by atoms with Crippen LogP contribution < -0.4 is 5.32 Å². The van der Waals surface area contributed by atoms with Crippen molar-refractivity contribution in [2.24, 2.45) is 0 Å². The maximum absolute atomic E-state index is 12.0. The van der Waals surface area contributed by atoms with Crippen molar-refractivity contribution in [2.75, 3.05) is 5.32 Å². The van der Waals surface area contributed by atoms with Crippen LogP contribution in [0.15, 0.2) is 46.9 Å². The second-order valence-electron chi connectivity index (χ2n) is 3.95. The van der Waals surface area contributed by atoms with Crippen LogP contribution >= 0.6 is 27.5 Å². The van der Waals surface area contributed by atoms with E-state index in [4.69, 9.17) is 11.6 Å². The van der Waals surface area contributed by atoms with Gasteiger partial charge in [-0.05, 0) is 58.7 Å². The van der Waals surface area contributed by atoms with Crippen molar-refractivity contribution >= 4 is 39.1 Å². The van der Waals surface area contributed by atoms with Crippen molar-refractivity contribution in [1.29, 1.82) is 0 Å². The lowest BCUT2D eigenvalue weighted by Crippen LogP contribution is -2.12. The summed E-state index contributed by atoms with van der Waals surface area (Å²) in [6.07, 6.45) is 0. The highest BCUT2D eigenvalue weighted by molar-refractivity contribution is 9.10. The first-order chi connectivity index (χ1) is 8.56. The molecule has 0 aliphatic rings. The van der Waals surface area contributed by atoms with E-state index in [1.54, 1.807) is 24.3 Å². The fourth-order valence-corrected chi connectivity index (χ4v) is 2.10. The van der Waals surface area contributed by atoms with Crippen molar-refractivity contribution in [1.82, 2.24) is 0 Å². The minimum atomic E-state index is -0.177. The summed E-state index contributed by atoms with van der Waals surface area (Å²) >= 11 is 9.26. The molecule has 1 N–H and O–H groups in total. The van der Waals surface area contributed by atoms with Gasteiger partial charge in [0.2, 0.25) is 0 Å². The largest absolute Gasteiger partial charge is 0.321 e. The number of rotatable bonds is 2. The number of hydrogen-bond donors (Lipinski definition) is 1. The molecule has 0 bridgehead atoms. The number of benzene rings is 2. The third-order valence-electron chi connectivity index (χ3n) is 2.46. The van der Waals surface area contributed by atoms with Gasteiger partial charge in [-0.2, -0.15) is 0 Å². The summed E-state index contributed by atoms with van der Waals surface area (Å²) in [5.74, 6) is -0.177. The maximum atomic E-state index is 12.0. The van der Waals surface area contributed by atoms with Gasteiger partial charge in [-0.15, -0.1) is 0 Å². The lowest BCUT2D eigenvalue weighted by molar-refractivity contribution is 0.102. The molecule has 2 rings (SSSR count). The summed E-state index contributed by atoms with van der Waals surface area (Å²) in [5.41, 5.74) is 2.37. The molecule has 0 fully saturated rings. The first kappa shape index (κ1) is 13.1. The van der Waals surface area contributed by atoms with Crippen LogP contribution in [0, 0.1) is 6.92 Å². The van der Waals surface area contributed by atoms with E-state index in [0.29, 0.717) is 10.6 Å². The molecule has 0 aromatic heterocycles. The highest BCUT2D eigenvalue weighted by Crippen LogP contribution is 2.24. The molecule has 0 aliphatic carbocycles. The molecule has 92 valence electrons. The summed E-state index contributed by atoms with van der Waals surface area (Å²) in [5, 5.41) is 3.40. The van der Waals surface area contributed by atoms with Gasteiger partial charge in [-0.3, -0.25) is 4.79 Å². The number of anilines is 1. The molecule has 4 heteroatoms. The Morgan fingerprint density at radius 3 is 2.72 bits per heavy atom. The van der Waals surface area contributed by atoms with Gasteiger partial charge in [-0.1, -0.05) is 23.7 Å². The highest BCUT2D eigenvalue weighted by atomic mass is 79.9. The Hall–Kier alpha value is -1.32. The molecule has 18 heavy (non-hydrogen) atoms. The second kappa shape index (κ2) is 5.55. The zero-order valence-electron chi connectivity index (χ0n) is 9.71. The molecule has 0 unspecified atom stereocenters. The zero-order chi connectivity index (χ0) is 13.1. The Kier molecular flexibility index (Phi) is 4.04. The van der Waals surface area contributed by atoms with Crippen LogP contribution in [0.3, 0.4) is 0 Å². The molecule has 0 saturated heterocycles. The molecule has 2 nitrogen and oxygen atoms in total. The summed E-state index contributed by atoms with van der Waals surface area (Å²) < 4.78 is 0.850. The van der Waals surface area contributed by atoms with E-state index < -0.39 is 0 Å². The Balaban J connectivity index is 2.24. The minimum absolute atomic E-state index is 0.177. The predicted octanol–water partition coefficient (Wildman–Crippen LogP) is 4.66. The number of hydrogen-bond acceptors (Lipinski definition) is 1. The molecule has 0 spiro atoms. The number of carbonyl (C=O) groups is 1. The Bertz CT molecular complexity index is 598. The number of halogens is 2. The summed E-state index contributed by atoms with van der Waals surface area (Å²) in [7, 11) is 0. The van der Waals surface area contributed by atoms with Gasteiger partial charge >= 0.3 is 0 Å². The van der Waals surface area contributed by atoms with Crippen molar-refractivity contribution in [3.63, 3.8) is 0 Å². The smallest absolute Gasteiger partial charge is 0.255 e. The number of nitrogens with one attached hydrogen (secondary N) is 1. The highest BCUT2D eigenvalue weighted by Gasteiger charge is 2.08. The van der Waals surface area contributed by atoms with E-state index >= 15 is 0 Å². The van der Waals surface area contributed by atoms with Gasteiger partial charge in [-0.25, -0.2) is 0 Å². The lowest BCUT2D eigenvalue weighted by Gasteiger charge is -2.08. The predicted molar refractivity (Wildman–Crippen MR) is 78.3 cm³/mol. The van der Waals surface area contributed by atoms with Crippen LogP contribution in [-0.4, -0.2) is 5.91 Å². The summed E-state index contributed by atoms with van der Waals surface area (Å²) in [6, 6.07) is 12.6. The molecule has 2 aromatic rings. The SMILES string of the molecule is Cc1ccc(Br)c(NC(=O)c2cccc(Cl)c2)c1. The molecule has 0 atom stereocenters. The zero-order valence-corrected chi connectivity index (χ0v) is 12.0. The molecular formula is C14H11BrClNO. The van der Waals surface area contributed by atoms with E-state index in [2.05, 4.69) is 21.2 Å². The van der Waals surface area contributed by atoms with E-state index in [9.17, 15) is 4.79 Å². The second-order valence-corrected chi connectivity index (χ2v) is 5.24. The first-order valence-corrected chi connectivity index (χ1v) is 6.56. The van der Waals surface area contributed by atoms with Crippen molar-refractivity contribution in [3.8, 4) is 0 Å². The van der Waals surface area contributed by atoms with Gasteiger partial charge in [0.25, 0.3) is 5.91 Å². The topological polar surface area (TPSA) is 29.1 Å². The van der Waals surface area contributed by atoms with Gasteiger partial charge in [0, 0.05) is 15.1 Å². The maximum Gasteiger partial charge on any atom is 0.255 e. The van der Waals surface area contributed by atoms with E-state index in [0.717, 1.165) is 15.7 Å². The molecular weight excluding hydrogens is 314 g/mol. The van der Waals surface area contributed by atoms with E-state index in [1.165, 1.54) is 0 Å². The van der Waals surface area contributed by atoms with Crippen molar-refractivity contribution < 1.29 is 4.79 Å². The normalized spacial score (nSPS) is 10.2. The fourth-order valence-electron chi connectivity index (χ4n) is 1.56. The number of amides is 1.